The number of ketones is 1. The summed E-state index contributed by atoms with van der Waals surface area (Å²) in [5.41, 5.74) is 0.618. The van der Waals surface area contributed by atoms with Gasteiger partial charge in [-0.15, -0.1) is 0 Å². The molecule has 82 valence electrons. The Morgan fingerprint density at radius 1 is 1.38 bits per heavy atom. The van der Waals surface area contributed by atoms with Crippen molar-refractivity contribution in [3.8, 4) is 0 Å². The van der Waals surface area contributed by atoms with Crippen LogP contribution in [0.15, 0.2) is 36.9 Å². The molecule has 2 rings (SSSR count). The van der Waals surface area contributed by atoms with Gasteiger partial charge in [0.1, 0.15) is 18.7 Å². The van der Waals surface area contributed by atoms with Gasteiger partial charge in [-0.2, -0.15) is 5.10 Å². The molecule has 0 amide bonds. The Morgan fingerprint density at radius 3 is 2.62 bits per heavy atom. The van der Waals surface area contributed by atoms with E-state index in [4.69, 9.17) is 11.6 Å². The third-order valence-corrected chi connectivity index (χ3v) is 2.59. The van der Waals surface area contributed by atoms with Gasteiger partial charge >= 0.3 is 0 Å². The zero-order valence-corrected chi connectivity index (χ0v) is 9.43. The number of hydrogen-bond acceptors (Lipinski definition) is 3. The molecule has 5 heteroatoms. The van der Waals surface area contributed by atoms with Gasteiger partial charge < -0.3 is 0 Å². The van der Waals surface area contributed by atoms with Crippen molar-refractivity contribution < 1.29 is 4.79 Å². The minimum atomic E-state index is -0.358. The van der Waals surface area contributed by atoms with Crippen LogP contribution >= 0.6 is 11.6 Å². The van der Waals surface area contributed by atoms with Crippen molar-refractivity contribution in [2.24, 2.45) is 0 Å². The highest BCUT2D eigenvalue weighted by atomic mass is 35.5. The first-order valence-corrected chi connectivity index (χ1v) is 5.20. The van der Waals surface area contributed by atoms with Crippen LogP contribution in [0.3, 0.4) is 0 Å². The second-order valence-corrected chi connectivity index (χ2v) is 3.86. The maximum atomic E-state index is 12.0. The summed E-state index contributed by atoms with van der Waals surface area (Å²) in [6.07, 6.45) is 2.93. The molecular formula is C11H10ClN3O. The quantitative estimate of drug-likeness (QED) is 0.768. The van der Waals surface area contributed by atoms with Crippen LogP contribution in [0.1, 0.15) is 23.3 Å². The van der Waals surface area contributed by atoms with Crippen LogP contribution in [0, 0.1) is 0 Å². The number of carbonyl (C=O) groups excluding carboxylic acids is 1. The highest BCUT2D eigenvalue weighted by Gasteiger charge is 2.16. The molecule has 0 saturated heterocycles. The van der Waals surface area contributed by atoms with Crippen LogP contribution in [0.5, 0.6) is 0 Å². The van der Waals surface area contributed by atoms with Gasteiger partial charge in [-0.25, -0.2) is 9.67 Å². The monoisotopic (exact) mass is 235 g/mol. The van der Waals surface area contributed by atoms with Crippen molar-refractivity contribution in [3.05, 3.63) is 47.5 Å². The molecule has 1 atom stereocenters. The summed E-state index contributed by atoms with van der Waals surface area (Å²) in [6.45, 7) is 1.78. The molecule has 0 fully saturated rings. The van der Waals surface area contributed by atoms with Gasteiger partial charge in [-0.1, -0.05) is 11.6 Å². The Bertz CT molecular complexity index is 478. The summed E-state index contributed by atoms with van der Waals surface area (Å²) in [5, 5.41) is 4.55. The van der Waals surface area contributed by atoms with Gasteiger partial charge in [0.2, 0.25) is 0 Å². The van der Waals surface area contributed by atoms with E-state index in [1.165, 1.54) is 17.3 Å². The Hall–Kier alpha value is -1.68. The van der Waals surface area contributed by atoms with Crippen LogP contribution in [0.4, 0.5) is 0 Å². The summed E-state index contributed by atoms with van der Waals surface area (Å²) in [5.74, 6) is -0.0119. The number of hydrogen-bond donors (Lipinski definition) is 0. The lowest BCUT2D eigenvalue weighted by Crippen LogP contribution is -2.17. The average molecular weight is 236 g/mol. The van der Waals surface area contributed by atoms with Crippen molar-refractivity contribution in [3.63, 3.8) is 0 Å². The van der Waals surface area contributed by atoms with Crippen LogP contribution in [-0.4, -0.2) is 20.5 Å². The van der Waals surface area contributed by atoms with Crippen LogP contribution in [0.2, 0.25) is 5.02 Å². The second kappa shape index (κ2) is 4.45. The Morgan fingerprint density at radius 2 is 2.06 bits per heavy atom. The summed E-state index contributed by atoms with van der Waals surface area (Å²) in [6, 6.07) is 6.45. The predicted octanol–water partition coefficient (Wildman–Crippen LogP) is 2.38. The van der Waals surface area contributed by atoms with Crippen LogP contribution in [0.25, 0.3) is 0 Å². The average Bonchev–Trinajstić information content (AvgIpc) is 2.81. The van der Waals surface area contributed by atoms with Crippen molar-refractivity contribution >= 4 is 17.4 Å². The fourth-order valence-corrected chi connectivity index (χ4v) is 1.52. The second-order valence-electron chi connectivity index (χ2n) is 3.42. The lowest BCUT2D eigenvalue weighted by molar-refractivity contribution is 0.0928. The molecule has 0 spiro atoms. The van der Waals surface area contributed by atoms with E-state index < -0.39 is 0 Å². The van der Waals surface area contributed by atoms with E-state index in [0.29, 0.717) is 10.6 Å². The van der Waals surface area contributed by atoms with Crippen molar-refractivity contribution in [2.75, 3.05) is 0 Å². The van der Waals surface area contributed by atoms with Crippen molar-refractivity contribution in [1.29, 1.82) is 0 Å². The van der Waals surface area contributed by atoms with Crippen LogP contribution < -0.4 is 0 Å². The van der Waals surface area contributed by atoms with E-state index in [1.54, 1.807) is 31.2 Å². The molecule has 1 unspecified atom stereocenters. The molecule has 1 aromatic heterocycles. The van der Waals surface area contributed by atoms with E-state index in [-0.39, 0.29) is 11.8 Å². The largest absolute Gasteiger partial charge is 0.292 e. The Labute approximate surface area is 97.9 Å². The lowest BCUT2D eigenvalue weighted by atomic mass is 10.1. The first kappa shape index (κ1) is 10.8. The SMILES string of the molecule is CC(C(=O)c1ccc(Cl)cc1)n1cncn1. The first-order chi connectivity index (χ1) is 7.68. The van der Waals surface area contributed by atoms with Crippen molar-refractivity contribution in [2.45, 2.75) is 13.0 Å². The highest BCUT2D eigenvalue weighted by Crippen LogP contribution is 2.15. The normalized spacial score (nSPS) is 12.4. The Balaban J connectivity index is 2.22. The van der Waals surface area contributed by atoms with E-state index in [1.807, 2.05) is 0 Å². The number of halogens is 1. The lowest BCUT2D eigenvalue weighted by Gasteiger charge is -2.10. The predicted molar refractivity (Wildman–Crippen MR) is 60.5 cm³/mol. The smallest absolute Gasteiger partial charge is 0.187 e. The number of Topliss-reactive ketones (excluding diaryl/α,β-unsaturated/α-hetero) is 1. The maximum absolute atomic E-state index is 12.0. The number of aromatic nitrogens is 3. The number of rotatable bonds is 3. The molecule has 0 radical (unpaired) electrons. The molecule has 0 saturated carbocycles. The molecule has 1 heterocycles. The fraction of sp³-hybridized carbons (Fsp3) is 0.182. The van der Waals surface area contributed by atoms with Gasteiger partial charge in [0.15, 0.2) is 5.78 Å². The minimum absolute atomic E-state index is 0.0119. The fourth-order valence-electron chi connectivity index (χ4n) is 1.39. The maximum Gasteiger partial charge on any atom is 0.187 e. The molecule has 2 aromatic rings. The first-order valence-electron chi connectivity index (χ1n) is 4.82. The number of carbonyl (C=O) groups is 1. The summed E-state index contributed by atoms with van der Waals surface area (Å²) in [7, 11) is 0. The van der Waals surface area contributed by atoms with E-state index in [0.717, 1.165) is 0 Å². The van der Waals surface area contributed by atoms with Crippen molar-refractivity contribution in [1.82, 2.24) is 14.8 Å². The third kappa shape index (κ3) is 2.12. The zero-order chi connectivity index (χ0) is 11.5. The number of benzene rings is 1. The molecule has 4 nitrogen and oxygen atoms in total. The zero-order valence-electron chi connectivity index (χ0n) is 8.67. The molecule has 0 aliphatic heterocycles. The van der Waals surface area contributed by atoms with Gasteiger partial charge in [-0.3, -0.25) is 4.79 Å². The molecule has 0 bridgehead atoms. The van der Waals surface area contributed by atoms with Gasteiger partial charge in [-0.05, 0) is 31.2 Å². The number of nitrogens with zero attached hydrogens (tertiary/aromatic N) is 3. The van der Waals surface area contributed by atoms with Gasteiger partial charge in [0, 0.05) is 10.6 Å². The topological polar surface area (TPSA) is 47.8 Å². The molecule has 1 aromatic carbocycles. The molecule has 0 N–H and O–H groups in total. The summed E-state index contributed by atoms with van der Waals surface area (Å²) >= 11 is 5.76. The standard InChI is InChI=1S/C11H10ClN3O/c1-8(15-7-13-6-14-15)11(16)9-2-4-10(12)5-3-9/h2-8H,1H3. The molecule has 0 aliphatic carbocycles. The molecule has 16 heavy (non-hydrogen) atoms. The van der Waals surface area contributed by atoms with E-state index in [9.17, 15) is 4.79 Å². The summed E-state index contributed by atoms with van der Waals surface area (Å²) in [4.78, 5) is 15.8. The third-order valence-electron chi connectivity index (χ3n) is 2.34. The van der Waals surface area contributed by atoms with E-state index >= 15 is 0 Å². The van der Waals surface area contributed by atoms with Crippen LogP contribution in [-0.2, 0) is 0 Å². The highest BCUT2D eigenvalue weighted by molar-refractivity contribution is 6.30. The molecule has 0 aliphatic rings. The summed E-state index contributed by atoms with van der Waals surface area (Å²) < 4.78 is 1.52. The van der Waals surface area contributed by atoms with E-state index in [2.05, 4.69) is 10.1 Å². The van der Waals surface area contributed by atoms with Gasteiger partial charge in [0.25, 0.3) is 0 Å². The Kier molecular flexibility index (Phi) is 3.01. The van der Waals surface area contributed by atoms with Gasteiger partial charge in [0.05, 0.1) is 0 Å². The molecular weight excluding hydrogens is 226 g/mol. The minimum Gasteiger partial charge on any atom is -0.292 e.